The summed E-state index contributed by atoms with van der Waals surface area (Å²) in [5.74, 6) is -0.437. The Morgan fingerprint density at radius 2 is 1.62 bits per heavy atom. The van der Waals surface area contributed by atoms with E-state index in [4.69, 9.17) is 0 Å². The van der Waals surface area contributed by atoms with Gasteiger partial charge in [-0.25, -0.2) is 5.43 Å². The van der Waals surface area contributed by atoms with E-state index in [-0.39, 0.29) is 18.4 Å². The molecule has 6 nitrogen and oxygen atoms in total. The first-order chi connectivity index (χ1) is 14.1. The molecule has 3 rings (SSSR count). The highest BCUT2D eigenvalue weighted by Gasteiger charge is 2.06. The van der Waals surface area contributed by atoms with Crippen molar-refractivity contribution in [1.29, 1.82) is 0 Å². The van der Waals surface area contributed by atoms with Gasteiger partial charge in [0.15, 0.2) is 0 Å². The molecule has 6 heteroatoms. The van der Waals surface area contributed by atoms with E-state index < -0.39 is 0 Å². The normalized spacial score (nSPS) is 10.5. The van der Waals surface area contributed by atoms with Crippen molar-refractivity contribution in [1.82, 2.24) is 5.43 Å². The lowest BCUT2D eigenvalue weighted by Crippen LogP contribution is -2.25. The predicted molar refractivity (Wildman–Crippen MR) is 116 cm³/mol. The van der Waals surface area contributed by atoms with Crippen LogP contribution in [0.25, 0.3) is 0 Å². The maximum atomic E-state index is 12.3. The maximum Gasteiger partial charge on any atom is 0.259 e. The van der Waals surface area contributed by atoms with Crippen LogP contribution in [0.5, 0.6) is 0 Å². The lowest BCUT2D eigenvalue weighted by Gasteiger charge is -2.06. The molecule has 3 aromatic rings. The summed E-state index contributed by atoms with van der Waals surface area (Å²) in [7, 11) is 0. The minimum atomic E-state index is -0.256. The SMILES string of the molecule is Cc1ccc(C(=O)Nc2cccc(C=NNC(=O)CNc3ccccc3)c2)cc1. The summed E-state index contributed by atoms with van der Waals surface area (Å²) in [5, 5.41) is 9.83. The molecule has 0 radical (unpaired) electrons. The van der Waals surface area contributed by atoms with E-state index in [1.54, 1.807) is 24.3 Å². The summed E-state index contributed by atoms with van der Waals surface area (Å²) < 4.78 is 0. The molecule has 2 amide bonds. The van der Waals surface area contributed by atoms with Gasteiger partial charge in [-0.3, -0.25) is 9.59 Å². The fourth-order valence-electron chi connectivity index (χ4n) is 2.56. The molecule has 0 saturated carbocycles. The highest BCUT2D eigenvalue weighted by atomic mass is 16.2. The number of rotatable bonds is 7. The third-order valence-electron chi connectivity index (χ3n) is 4.09. The maximum absolute atomic E-state index is 12.3. The second kappa shape index (κ2) is 9.85. The molecule has 0 aliphatic carbocycles. The molecule has 3 aromatic carbocycles. The average molecular weight is 386 g/mol. The Hall–Kier alpha value is -3.93. The fraction of sp³-hybridized carbons (Fsp3) is 0.0870. The number of para-hydroxylation sites is 1. The van der Waals surface area contributed by atoms with Crippen molar-refractivity contribution in [3.8, 4) is 0 Å². The minimum absolute atomic E-state index is 0.119. The molecule has 0 fully saturated rings. The Morgan fingerprint density at radius 3 is 2.38 bits per heavy atom. The average Bonchev–Trinajstić information content (AvgIpc) is 2.74. The van der Waals surface area contributed by atoms with Crippen LogP contribution in [-0.2, 0) is 4.79 Å². The molecule has 3 N–H and O–H groups in total. The van der Waals surface area contributed by atoms with Crippen LogP contribution in [0.2, 0.25) is 0 Å². The largest absolute Gasteiger partial charge is 0.376 e. The first kappa shape index (κ1) is 19.8. The monoisotopic (exact) mass is 386 g/mol. The Morgan fingerprint density at radius 1 is 0.897 bits per heavy atom. The molecule has 146 valence electrons. The Bertz CT molecular complexity index is 999. The molecule has 0 aliphatic rings. The molecule has 0 aromatic heterocycles. The number of anilines is 2. The number of hydrogen-bond donors (Lipinski definition) is 3. The van der Waals surface area contributed by atoms with E-state index in [1.165, 1.54) is 6.21 Å². The first-order valence-corrected chi connectivity index (χ1v) is 9.19. The fourth-order valence-corrected chi connectivity index (χ4v) is 2.56. The third kappa shape index (κ3) is 6.32. The molecule has 29 heavy (non-hydrogen) atoms. The lowest BCUT2D eigenvalue weighted by atomic mass is 10.1. The Balaban J connectivity index is 1.51. The van der Waals surface area contributed by atoms with Crippen LogP contribution in [0.4, 0.5) is 11.4 Å². The summed E-state index contributed by atoms with van der Waals surface area (Å²) in [6.45, 7) is 2.09. The van der Waals surface area contributed by atoms with Crippen LogP contribution in [0.3, 0.4) is 0 Å². The van der Waals surface area contributed by atoms with Crippen molar-refractivity contribution in [3.63, 3.8) is 0 Å². The molecule has 0 spiro atoms. The number of hydrogen-bond acceptors (Lipinski definition) is 4. The Labute approximate surface area is 169 Å². The van der Waals surface area contributed by atoms with Gasteiger partial charge < -0.3 is 10.6 Å². The van der Waals surface area contributed by atoms with E-state index in [9.17, 15) is 9.59 Å². The molecule has 0 saturated heterocycles. The van der Waals surface area contributed by atoms with Gasteiger partial charge in [-0.05, 0) is 48.9 Å². The van der Waals surface area contributed by atoms with Gasteiger partial charge in [0.1, 0.15) is 0 Å². The van der Waals surface area contributed by atoms with Gasteiger partial charge in [0.05, 0.1) is 12.8 Å². The third-order valence-corrected chi connectivity index (χ3v) is 4.09. The molecule has 0 bridgehead atoms. The van der Waals surface area contributed by atoms with E-state index in [0.717, 1.165) is 16.8 Å². The standard InChI is InChI=1S/C23H22N4O2/c1-17-10-12-19(13-11-17)23(29)26-21-9-5-6-18(14-21)15-25-27-22(28)16-24-20-7-3-2-4-8-20/h2-15,24H,16H2,1H3,(H,26,29)(H,27,28). The number of amides is 2. The van der Waals surface area contributed by atoms with Crippen LogP contribution in [0.1, 0.15) is 21.5 Å². The summed E-state index contributed by atoms with van der Waals surface area (Å²) in [6.07, 6.45) is 1.53. The number of nitrogens with one attached hydrogen (secondary N) is 3. The minimum Gasteiger partial charge on any atom is -0.376 e. The molecule has 0 heterocycles. The van der Waals surface area contributed by atoms with Gasteiger partial charge in [0.2, 0.25) is 0 Å². The van der Waals surface area contributed by atoms with Gasteiger partial charge in [-0.2, -0.15) is 5.10 Å². The van der Waals surface area contributed by atoms with Gasteiger partial charge in [0, 0.05) is 16.9 Å². The first-order valence-electron chi connectivity index (χ1n) is 9.19. The number of hydrazone groups is 1. The quantitative estimate of drug-likeness (QED) is 0.427. The van der Waals surface area contributed by atoms with Crippen molar-refractivity contribution in [2.24, 2.45) is 5.10 Å². The van der Waals surface area contributed by atoms with Crippen molar-refractivity contribution in [2.75, 3.05) is 17.2 Å². The highest BCUT2D eigenvalue weighted by Crippen LogP contribution is 2.12. The summed E-state index contributed by atoms with van der Waals surface area (Å²) in [4.78, 5) is 24.2. The summed E-state index contributed by atoms with van der Waals surface area (Å²) in [6, 6.07) is 24.0. The number of benzene rings is 3. The molecule has 0 atom stereocenters. The van der Waals surface area contributed by atoms with Gasteiger partial charge in [0.25, 0.3) is 11.8 Å². The highest BCUT2D eigenvalue weighted by molar-refractivity contribution is 6.04. The number of carbonyl (C=O) groups is 2. The predicted octanol–water partition coefficient (Wildman–Crippen LogP) is 3.81. The van der Waals surface area contributed by atoms with Crippen molar-refractivity contribution >= 4 is 29.4 Å². The van der Waals surface area contributed by atoms with Crippen molar-refractivity contribution in [3.05, 3.63) is 95.6 Å². The van der Waals surface area contributed by atoms with Crippen molar-refractivity contribution < 1.29 is 9.59 Å². The van der Waals surface area contributed by atoms with Crippen LogP contribution >= 0.6 is 0 Å². The zero-order chi connectivity index (χ0) is 20.5. The number of nitrogens with zero attached hydrogens (tertiary/aromatic N) is 1. The van der Waals surface area contributed by atoms with E-state index in [2.05, 4.69) is 21.2 Å². The van der Waals surface area contributed by atoms with Crippen LogP contribution in [-0.4, -0.2) is 24.6 Å². The molecule has 0 aliphatic heterocycles. The lowest BCUT2D eigenvalue weighted by molar-refractivity contribution is -0.119. The molecule has 0 unspecified atom stereocenters. The topological polar surface area (TPSA) is 82.6 Å². The number of carbonyl (C=O) groups excluding carboxylic acids is 2. The smallest absolute Gasteiger partial charge is 0.259 e. The van der Waals surface area contributed by atoms with Crippen LogP contribution in [0.15, 0.2) is 84.0 Å². The second-order valence-corrected chi connectivity index (χ2v) is 6.46. The van der Waals surface area contributed by atoms with Gasteiger partial charge in [-0.15, -0.1) is 0 Å². The van der Waals surface area contributed by atoms with E-state index >= 15 is 0 Å². The number of aryl methyl sites for hydroxylation is 1. The van der Waals surface area contributed by atoms with Gasteiger partial charge >= 0.3 is 0 Å². The van der Waals surface area contributed by atoms with E-state index in [1.807, 2.05) is 61.5 Å². The van der Waals surface area contributed by atoms with E-state index in [0.29, 0.717) is 11.3 Å². The molecular weight excluding hydrogens is 364 g/mol. The van der Waals surface area contributed by atoms with Crippen LogP contribution in [0, 0.1) is 6.92 Å². The second-order valence-electron chi connectivity index (χ2n) is 6.46. The molecular formula is C23H22N4O2. The van der Waals surface area contributed by atoms with Crippen molar-refractivity contribution in [2.45, 2.75) is 6.92 Å². The Kier molecular flexibility index (Phi) is 6.73. The van der Waals surface area contributed by atoms with Crippen LogP contribution < -0.4 is 16.1 Å². The summed E-state index contributed by atoms with van der Waals surface area (Å²) >= 11 is 0. The summed E-state index contributed by atoms with van der Waals surface area (Å²) in [5.41, 5.74) is 6.43. The zero-order valence-electron chi connectivity index (χ0n) is 16.1. The van der Waals surface area contributed by atoms with Gasteiger partial charge in [-0.1, -0.05) is 48.0 Å². The zero-order valence-corrected chi connectivity index (χ0v) is 16.1.